The number of benzene rings is 2. The number of furan rings is 1. The molecule has 0 saturated carbocycles. The van der Waals surface area contributed by atoms with Crippen molar-refractivity contribution in [3.63, 3.8) is 0 Å². The molecule has 3 rings (SSSR count). The van der Waals surface area contributed by atoms with Crippen LogP contribution in [0.15, 0.2) is 52.9 Å². The molecule has 0 radical (unpaired) electrons. The Balaban J connectivity index is 2.04. The van der Waals surface area contributed by atoms with E-state index >= 15 is 0 Å². The first-order chi connectivity index (χ1) is 12.5. The molecular formula is C20H19ClN2O3. The van der Waals surface area contributed by atoms with Gasteiger partial charge in [-0.1, -0.05) is 29.8 Å². The molecule has 0 unspecified atom stereocenters. The molecule has 134 valence electrons. The zero-order chi connectivity index (χ0) is 18.7. The summed E-state index contributed by atoms with van der Waals surface area (Å²) in [5, 5.41) is 3.97. The highest BCUT2D eigenvalue weighted by molar-refractivity contribution is 6.31. The Morgan fingerprint density at radius 1 is 1.08 bits per heavy atom. The lowest BCUT2D eigenvalue weighted by molar-refractivity contribution is 0.0745. The van der Waals surface area contributed by atoms with E-state index < -0.39 is 0 Å². The van der Waals surface area contributed by atoms with Crippen molar-refractivity contribution in [1.29, 1.82) is 0 Å². The van der Waals surface area contributed by atoms with Crippen molar-refractivity contribution >= 4 is 40.1 Å². The van der Waals surface area contributed by atoms with Crippen molar-refractivity contribution in [3.8, 4) is 0 Å². The molecule has 1 aromatic heterocycles. The molecule has 3 aromatic rings. The van der Waals surface area contributed by atoms with E-state index in [2.05, 4.69) is 5.32 Å². The van der Waals surface area contributed by atoms with Crippen molar-refractivity contribution < 1.29 is 14.0 Å². The zero-order valence-corrected chi connectivity index (χ0v) is 15.3. The van der Waals surface area contributed by atoms with Crippen molar-refractivity contribution in [1.82, 2.24) is 4.90 Å². The summed E-state index contributed by atoms with van der Waals surface area (Å²) < 4.78 is 5.77. The standard InChI is InChI=1S/C20H19ClN2O3/c1-3-23(4-2)20(25)18-17(15-10-5-6-11-16(15)26-18)22-19(24)13-8-7-9-14(21)12-13/h5-12H,3-4H2,1-2H3,(H,22,24). The first-order valence-electron chi connectivity index (χ1n) is 8.42. The fraction of sp³-hybridized carbons (Fsp3) is 0.200. The molecule has 0 aliphatic rings. The third-order valence-corrected chi connectivity index (χ3v) is 4.40. The van der Waals surface area contributed by atoms with E-state index in [9.17, 15) is 9.59 Å². The number of nitrogens with one attached hydrogen (secondary N) is 1. The summed E-state index contributed by atoms with van der Waals surface area (Å²) in [6.07, 6.45) is 0. The van der Waals surface area contributed by atoms with Gasteiger partial charge >= 0.3 is 0 Å². The van der Waals surface area contributed by atoms with Gasteiger partial charge in [-0.25, -0.2) is 0 Å². The molecule has 1 N–H and O–H groups in total. The lowest BCUT2D eigenvalue weighted by Crippen LogP contribution is -2.31. The van der Waals surface area contributed by atoms with Crippen molar-refractivity contribution in [3.05, 3.63) is 64.9 Å². The molecule has 0 spiro atoms. The topological polar surface area (TPSA) is 62.6 Å². The van der Waals surface area contributed by atoms with Gasteiger partial charge < -0.3 is 14.6 Å². The van der Waals surface area contributed by atoms with Gasteiger partial charge in [-0.05, 0) is 44.2 Å². The summed E-state index contributed by atoms with van der Waals surface area (Å²) >= 11 is 5.97. The number of hydrogen-bond donors (Lipinski definition) is 1. The molecule has 2 amide bonds. The van der Waals surface area contributed by atoms with Crippen molar-refractivity contribution in [2.75, 3.05) is 18.4 Å². The third-order valence-electron chi connectivity index (χ3n) is 4.17. The summed E-state index contributed by atoms with van der Waals surface area (Å²) in [4.78, 5) is 27.1. The van der Waals surface area contributed by atoms with Gasteiger partial charge in [0.15, 0.2) is 0 Å². The van der Waals surface area contributed by atoms with Crippen LogP contribution in [0.4, 0.5) is 5.69 Å². The normalized spacial score (nSPS) is 10.7. The maximum atomic E-state index is 12.8. The number of para-hydroxylation sites is 1. The fourth-order valence-corrected chi connectivity index (χ4v) is 2.98. The van der Waals surface area contributed by atoms with Gasteiger partial charge in [0.2, 0.25) is 5.76 Å². The zero-order valence-electron chi connectivity index (χ0n) is 14.6. The molecule has 0 fully saturated rings. The van der Waals surface area contributed by atoms with Gasteiger partial charge in [-0.3, -0.25) is 9.59 Å². The smallest absolute Gasteiger partial charge is 0.291 e. The predicted molar refractivity (Wildman–Crippen MR) is 103 cm³/mol. The van der Waals surface area contributed by atoms with Gasteiger partial charge in [0.25, 0.3) is 11.8 Å². The summed E-state index contributed by atoms with van der Waals surface area (Å²) in [6.45, 7) is 4.89. The first kappa shape index (κ1) is 18.0. The van der Waals surface area contributed by atoms with Crippen LogP contribution in [-0.2, 0) is 0 Å². The highest BCUT2D eigenvalue weighted by Crippen LogP contribution is 2.32. The quantitative estimate of drug-likeness (QED) is 0.700. The highest BCUT2D eigenvalue weighted by Gasteiger charge is 2.25. The Kier molecular flexibility index (Phi) is 5.28. The molecule has 0 aliphatic heterocycles. The average Bonchev–Trinajstić information content (AvgIpc) is 3.01. The average molecular weight is 371 g/mol. The number of carbonyl (C=O) groups excluding carboxylic acids is 2. The Labute approximate surface area is 156 Å². The van der Waals surface area contributed by atoms with E-state index in [0.717, 1.165) is 0 Å². The molecule has 6 heteroatoms. The SMILES string of the molecule is CCN(CC)C(=O)c1oc2ccccc2c1NC(=O)c1cccc(Cl)c1. The number of fused-ring (bicyclic) bond motifs is 1. The lowest BCUT2D eigenvalue weighted by atomic mass is 10.1. The van der Waals surface area contributed by atoms with Crippen LogP contribution in [0, 0.1) is 0 Å². The van der Waals surface area contributed by atoms with Crippen LogP contribution in [0.25, 0.3) is 11.0 Å². The van der Waals surface area contributed by atoms with E-state index in [1.54, 1.807) is 35.2 Å². The van der Waals surface area contributed by atoms with Crippen LogP contribution in [-0.4, -0.2) is 29.8 Å². The van der Waals surface area contributed by atoms with Crippen LogP contribution < -0.4 is 5.32 Å². The molecule has 1 heterocycles. The third kappa shape index (κ3) is 3.44. The van der Waals surface area contributed by atoms with Gasteiger partial charge in [0.05, 0.1) is 0 Å². The van der Waals surface area contributed by atoms with Gasteiger partial charge in [0, 0.05) is 29.1 Å². The van der Waals surface area contributed by atoms with Crippen LogP contribution in [0.2, 0.25) is 5.02 Å². The maximum absolute atomic E-state index is 12.8. The second-order valence-corrected chi connectivity index (χ2v) is 6.18. The van der Waals surface area contributed by atoms with E-state index in [1.807, 2.05) is 32.0 Å². The number of anilines is 1. The summed E-state index contributed by atoms with van der Waals surface area (Å²) in [7, 11) is 0. The Morgan fingerprint density at radius 3 is 2.50 bits per heavy atom. The number of nitrogens with zero attached hydrogens (tertiary/aromatic N) is 1. The van der Waals surface area contributed by atoms with Crippen LogP contribution in [0.5, 0.6) is 0 Å². The van der Waals surface area contributed by atoms with Crippen LogP contribution >= 0.6 is 11.6 Å². The Bertz CT molecular complexity index is 961. The predicted octanol–water partition coefficient (Wildman–Crippen LogP) is 4.82. The van der Waals surface area contributed by atoms with E-state index in [4.69, 9.17) is 16.0 Å². The summed E-state index contributed by atoms with van der Waals surface area (Å²) in [5.41, 5.74) is 1.33. The van der Waals surface area contributed by atoms with Gasteiger partial charge in [-0.15, -0.1) is 0 Å². The van der Waals surface area contributed by atoms with Crippen LogP contribution in [0.3, 0.4) is 0 Å². The van der Waals surface area contributed by atoms with E-state index in [-0.39, 0.29) is 17.6 Å². The summed E-state index contributed by atoms with van der Waals surface area (Å²) in [6, 6.07) is 13.9. The molecule has 2 aromatic carbocycles. The minimum absolute atomic E-state index is 0.130. The van der Waals surface area contributed by atoms with Crippen LogP contribution in [0.1, 0.15) is 34.8 Å². The number of rotatable bonds is 5. The highest BCUT2D eigenvalue weighted by atomic mass is 35.5. The molecule has 26 heavy (non-hydrogen) atoms. The minimum Gasteiger partial charge on any atom is -0.449 e. The molecule has 0 bridgehead atoms. The maximum Gasteiger partial charge on any atom is 0.291 e. The summed E-state index contributed by atoms with van der Waals surface area (Å²) in [5.74, 6) is -0.481. The molecule has 0 atom stereocenters. The monoisotopic (exact) mass is 370 g/mol. The molecular weight excluding hydrogens is 352 g/mol. The fourth-order valence-electron chi connectivity index (χ4n) is 2.79. The number of carbonyl (C=O) groups is 2. The first-order valence-corrected chi connectivity index (χ1v) is 8.80. The number of halogens is 1. The van der Waals surface area contributed by atoms with Gasteiger partial charge in [0.1, 0.15) is 11.3 Å². The number of hydrogen-bond acceptors (Lipinski definition) is 3. The second kappa shape index (κ2) is 7.62. The largest absolute Gasteiger partial charge is 0.449 e. The molecule has 5 nitrogen and oxygen atoms in total. The van der Waals surface area contributed by atoms with E-state index in [1.165, 1.54) is 0 Å². The van der Waals surface area contributed by atoms with Crippen molar-refractivity contribution in [2.45, 2.75) is 13.8 Å². The lowest BCUT2D eigenvalue weighted by Gasteiger charge is -2.17. The molecule has 0 saturated heterocycles. The van der Waals surface area contributed by atoms with Crippen molar-refractivity contribution in [2.24, 2.45) is 0 Å². The van der Waals surface area contributed by atoms with E-state index in [0.29, 0.717) is 40.3 Å². The molecule has 0 aliphatic carbocycles. The Morgan fingerprint density at radius 2 is 1.81 bits per heavy atom. The minimum atomic E-state index is -0.354. The number of amides is 2. The Hall–Kier alpha value is -2.79. The second-order valence-electron chi connectivity index (χ2n) is 5.74. The van der Waals surface area contributed by atoms with Gasteiger partial charge in [-0.2, -0.15) is 0 Å².